The summed E-state index contributed by atoms with van der Waals surface area (Å²) >= 11 is 1.27. The van der Waals surface area contributed by atoms with E-state index in [9.17, 15) is 9.59 Å². The minimum absolute atomic E-state index is 0.154. The average molecular weight is 373 g/mol. The molecular formula is C17H19N5O3S. The zero-order valence-electron chi connectivity index (χ0n) is 14.5. The second-order valence-electron chi connectivity index (χ2n) is 5.58. The Kier molecular flexibility index (Phi) is 5.57. The number of methoxy groups -OCH3 is 1. The Morgan fingerprint density at radius 2 is 2.08 bits per heavy atom. The normalized spacial score (nSPS) is 10.8. The van der Waals surface area contributed by atoms with Crippen LogP contribution in [0.1, 0.15) is 19.0 Å². The molecule has 8 nitrogen and oxygen atoms in total. The number of fused-ring (bicyclic) bond motifs is 1. The fraction of sp³-hybridized carbons (Fsp3) is 0.294. The van der Waals surface area contributed by atoms with E-state index in [4.69, 9.17) is 4.74 Å². The third kappa shape index (κ3) is 4.05. The number of hydrogen-bond acceptors (Lipinski definition) is 6. The largest absolute Gasteiger partial charge is 0.497 e. The van der Waals surface area contributed by atoms with Gasteiger partial charge in [0.2, 0.25) is 11.7 Å². The van der Waals surface area contributed by atoms with Gasteiger partial charge in [-0.25, -0.2) is 0 Å². The van der Waals surface area contributed by atoms with Gasteiger partial charge in [-0.3, -0.25) is 19.0 Å². The second kappa shape index (κ2) is 8.05. The number of anilines is 1. The highest BCUT2D eigenvalue weighted by molar-refractivity contribution is 7.99. The number of nitrogens with zero attached hydrogens (tertiary/aromatic N) is 3. The van der Waals surface area contributed by atoms with Crippen molar-refractivity contribution >= 4 is 29.1 Å². The summed E-state index contributed by atoms with van der Waals surface area (Å²) in [6, 6.07) is 8.65. The van der Waals surface area contributed by atoms with Crippen LogP contribution in [0, 0.1) is 0 Å². The molecule has 2 N–H and O–H groups in total. The van der Waals surface area contributed by atoms with Gasteiger partial charge in [-0.05, 0) is 30.7 Å². The third-order valence-electron chi connectivity index (χ3n) is 3.67. The molecule has 0 fully saturated rings. The highest BCUT2D eigenvalue weighted by atomic mass is 32.2. The van der Waals surface area contributed by atoms with Gasteiger partial charge in [-0.2, -0.15) is 0 Å². The van der Waals surface area contributed by atoms with Crippen LogP contribution in [-0.2, 0) is 11.2 Å². The molecule has 0 aliphatic rings. The molecule has 0 aliphatic carbocycles. The maximum absolute atomic E-state index is 12.2. The van der Waals surface area contributed by atoms with E-state index < -0.39 is 0 Å². The van der Waals surface area contributed by atoms with Crippen LogP contribution in [0.15, 0.2) is 40.3 Å². The van der Waals surface area contributed by atoms with E-state index in [1.165, 1.54) is 11.8 Å². The number of amides is 1. The van der Waals surface area contributed by atoms with Gasteiger partial charge in [-0.1, -0.05) is 25.1 Å². The van der Waals surface area contributed by atoms with E-state index in [1.54, 1.807) is 41.8 Å². The van der Waals surface area contributed by atoms with Crippen molar-refractivity contribution in [2.24, 2.45) is 0 Å². The SMILES string of the molecule is CCCc1cc(=O)[nH]c2nnc(SCC(=O)Nc3ccc(OC)cc3)n12. The van der Waals surface area contributed by atoms with Crippen LogP contribution in [0.4, 0.5) is 5.69 Å². The minimum Gasteiger partial charge on any atom is -0.497 e. The van der Waals surface area contributed by atoms with Crippen LogP contribution in [0.3, 0.4) is 0 Å². The van der Waals surface area contributed by atoms with Crippen molar-refractivity contribution in [2.75, 3.05) is 18.2 Å². The van der Waals surface area contributed by atoms with Crippen LogP contribution in [-0.4, -0.2) is 38.4 Å². The van der Waals surface area contributed by atoms with E-state index in [0.717, 1.165) is 24.3 Å². The van der Waals surface area contributed by atoms with Crippen LogP contribution in [0.2, 0.25) is 0 Å². The lowest BCUT2D eigenvalue weighted by molar-refractivity contribution is -0.113. The molecule has 2 heterocycles. The predicted octanol–water partition coefficient (Wildman–Crippen LogP) is 2.11. The summed E-state index contributed by atoms with van der Waals surface area (Å²) in [5, 5.41) is 11.5. The maximum Gasteiger partial charge on any atom is 0.252 e. The first kappa shape index (κ1) is 18.0. The van der Waals surface area contributed by atoms with Crippen molar-refractivity contribution in [1.82, 2.24) is 19.6 Å². The summed E-state index contributed by atoms with van der Waals surface area (Å²) in [5.74, 6) is 1.14. The number of thioether (sulfide) groups is 1. The molecule has 3 rings (SSSR count). The second-order valence-corrected chi connectivity index (χ2v) is 6.52. The molecule has 26 heavy (non-hydrogen) atoms. The van der Waals surface area contributed by atoms with E-state index >= 15 is 0 Å². The standard InChI is InChI=1S/C17H19N5O3S/c1-3-4-12-9-14(23)19-16-20-21-17(22(12)16)26-10-15(24)18-11-5-7-13(25-2)8-6-11/h5-9H,3-4,10H2,1-2H3,(H,18,24)(H,19,20,23). The van der Waals surface area contributed by atoms with Gasteiger partial charge < -0.3 is 10.1 Å². The molecule has 0 spiro atoms. The first-order chi connectivity index (χ1) is 12.6. The van der Waals surface area contributed by atoms with Crippen molar-refractivity contribution in [3.8, 4) is 5.75 Å². The number of carbonyl (C=O) groups is 1. The van der Waals surface area contributed by atoms with E-state index in [-0.39, 0.29) is 17.2 Å². The predicted molar refractivity (Wildman–Crippen MR) is 100.0 cm³/mol. The molecule has 0 unspecified atom stereocenters. The summed E-state index contributed by atoms with van der Waals surface area (Å²) in [6.07, 6.45) is 1.61. The molecule has 0 aliphatic heterocycles. The number of hydrogen-bond donors (Lipinski definition) is 2. The van der Waals surface area contributed by atoms with Gasteiger partial charge in [0.15, 0.2) is 5.16 Å². The van der Waals surface area contributed by atoms with Crippen molar-refractivity contribution in [2.45, 2.75) is 24.9 Å². The van der Waals surface area contributed by atoms with Crippen LogP contribution in [0.5, 0.6) is 5.75 Å². The molecule has 0 saturated carbocycles. The lowest BCUT2D eigenvalue weighted by Gasteiger charge is -2.07. The van der Waals surface area contributed by atoms with Crippen molar-refractivity contribution < 1.29 is 9.53 Å². The number of rotatable bonds is 7. The Labute approximate surface area is 154 Å². The van der Waals surface area contributed by atoms with Gasteiger partial charge in [-0.15, -0.1) is 10.2 Å². The topological polar surface area (TPSA) is 101 Å². The fourth-order valence-electron chi connectivity index (χ4n) is 2.51. The monoisotopic (exact) mass is 373 g/mol. The smallest absolute Gasteiger partial charge is 0.252 e. The summed E-state index contributed by atoms with van der Waals surface area (Å²) in [4.78, 5) is 26.5. The zero-order valence-corrected chi connectivity index (χ0v) is 15.3. The van der Waals surface area contributed by atoms with Crippen molar-refractivity contribution in [3.05, 3.63) is 46.4 Å². The Bertz CT molecular complexity index is 965. The van der Waals surface area contributed by atoms with Crippen LogP contribution >= 0.6 is 11.8 Å². The molecule has 1 aromatic carbocycles. The Balaban J connectivity index is 1.70. The molecular weight excluding hydrogens is 354 g/mol. The number of aromatic amines is 1. The summed E-state index contributed by atoms with van der Waals surface area (Å²) in [5.41, 5.74) is 1.31. The third-order valence-corrected chi connectivity index (χ3v) is 4.59. The van der Waals surface area contributed by atoms with Crippen molar-refractivity contribution in [3.63, 3.8) is 0 Å². The Morgan fingerprint density at radius 1 is 1.31 bits per heavy atom. The average Bonchev–Trinajstić information content (AvgIpc) is 3.04. The fourth-order valence-corrected chi connectivity index (χ4v) is 3.27. The number of H-pyrrole nitrogens is 1. The van der Waals surface area contributed by atoms with Crippen LogP contribution < -0.4 is 15.6 Å². The number of aromatic nitrogens is 4. The highest BCUT2D eigenvalue weighted by Crippen LogP contribution is 2.19. The van der Waals surface area contributed by atoms with Gasteiger partial charge in [0.05, 0.1) is 12.9 Å². The van der Waals surface area contributed by atoms with Gasteiger partial charge in [0, 0.05) is 17.4 Å². The quantitative estimate of drug-likeness (QED) is 0.615. The number of aryl methyl sites for hydroxylation is 1. The summed E-state index contributed by atoms with van der Waals surface area (Å²) < 4.78 is 6.88. The maximum atomic E-state index is 12.2. The Morgan fingerprint density at radius 3 is 2.77 bits per heavy atom. The van der Waals surface area contributed by atoms with Gasteiger partial charge in [0.25, 0.3) is 5.56 Å². The highest BCUT2D eigenvalue weighted by Gasteiger charge is 2.13. The minimum atomic E-state index is -0.206. The molecule has 0 saturated heterocycles. The van der Waals surface area contributed by atoms with E-state index in [1.807, 2.05) is 6.92 Å². The summed E-state index contributed by atoms with van der Waals surface area (Å²) in [7, 11) is 1.59. The number of carbonyl (C=O) groups excluding carboxylic acids is 1. The molecule has 9 heteroatoms. The first-order valence-corrected chi connectivity index (χ1v) is 9.13. The van der Waals surface area contributed by atoms with E-state index in [0.29, 0.717) is 16.6 Å². The lowest BCUT2D eigenvalue weighted by atomic mass is 10.2. The van der Waals surface area contributed by atoms with Gasteiger partial charge in [0.1, 0.15) is 5.75 Å². The van der Waals surface area contributed by atoms with Gasteiger partial charge >= 0.3 is 0 Å². The molecule has 0 radical (unpaired) electrons. The Hall–Kier alpha value is -2.81. The number of nitrogens with one attached hydrogen (secondary N) is 2. The number of ether oxygens (including phenoxy) is 1. The summed E-state index contributed by atoms with van der Waals surface area (Å²) in [6.45, 7) is 2.03. The first-order valence-electron chi connectivity index (χ1n) is 8.14. The lowest BCUT2D eigenvalue weighted by Crippen LogP contribution is -2.15. The molecule has 136 valence electrons. The molecule has 3 aromatic rings. The van der Waals surface area contributed by atoms with Crippen LogP contribution in [0.25, 0.3) is 5.78 Å². The van der Waals surface area contributed by atoms with E-state index in [2.05, 4.69) is 20.5 Å². The number of benzene rings is 1. The van der Waals surface area contributed by atoms with Crippen molar-refractivity contribution in [1.29, 1.82) is 0 Å². The molecule has 1 amide bonds. The molecule has 0 atom stereocenters. The molecule has 2 aromatic heterocycles. The molecule has 0 bridgehead atoms. The zero-order chi connectivity index (χ0) is 18.5.